The summed E-state index contributed by atoms with van der Waals surface area (Å²) in [5.41, 5.74) is 5.64. The summed E-state index contributed by atoms with van der Waals surface area (Å²) in [6.45, 7) is 1.99. The van der Waals surface area contributed by atoms with Crippen molar-refractivity contribution < 1.29 is 12.8 Å². The molecule has 6 heteroatoms. The van der Waals surface area contributed by atoms with Crippen LogP contribution in [0.3, 0.4) is 0 Å². The van der Waals surface area contributed by atoms with Gasteiger partial charge in [-0.1, -0.05) is 6.92 Å². The van der Waals surface area contributed by atoms with E-state index in [2.05, 4.69) is 0 Å². The van der Waals surface area contributed by atoms with Gasteiger partial charge in [0.15, 0.2) is 9.84 Å². The predicted molar refractivity (Wildman–Crippen MR) is 66.8 cm³/mol. The maximum Gasteiger partial charge on any atom is 0.154 e. The molecule has 0 spiro atoms. The molecule has 1 atom stereocenters. The van der Waals surface area contributed by atoms with Crippen molar-refractivity contribution in [1.82, 2.24) is 0 Å². The van der Waals surface area contributed by atoms with Gasteiger partial charge in [0.2, 0.25) is 0 Å². The van der Waals surface area contributed by atoms with Crippen molar-refractivity contribution in [3.8, 4) is 6.07 Å². The molecule has 1 aromatic carbocycles. The zero-order valence-corrected chi connectivity index (χ0v) is 10.9. The Kier molecular flexibility index (Phi) is 4.82. The molecule has 0 fully saturated rings. The van der Waals surface area contributed by atoms with Crippen LogP contribution in [0.25, 0.3) is 0 Å². The van der Waals surface area contributed by atoms with Gasteiger partial charge in [0, 0.05) is 5.56 Å². The summed E-state index contributed by atoms with van der Waals surface area (Å²) in [6, 6.07) is 5.54. The van der Waals surface area contributed by atoms with Crippen LogP contribution >= 0.6 is 0 Å². The number of nitrogens with two attached hydrogens (primary N) is 1. The molecular formula is C12H15FN2O2S. The van der Waals surface area contributed by atoms with Crippen LogP contribution < -0.4 is 5.73 Å². The van der Waals surface area contributed by atoms with Gasteiger partial charge >= 0.3 is 0 Å². The topological polar surface area (TPSA) is 84.0 Å². The van der Waals surface area contributed by atoms with Crippen molar-refractivity contribution in [3.05, 3.63) is 35.1 Å². The highest BCUT2D eigenvalue weighted by atomic mass is 32.2. The third kappa shape index (κ3) is 4.09. The summed E-state index contributed by atoms with van der Waals surface area (Å²) >= 11 is 0. The zero-order chi connectivity index (χ0) is 13.8. The van der Waals surface area contributed by atoms with Gasteiger partial charge < -0.3 is 5.73 Å². The zero-order valence-electron chi connectivity index (χ0n) is 10.1. The molecule has 4 nitrogen and oxygen atoms in total. The fraction of sp³-hybridized carbons (Fsp3) is 0.417. The number of hydrogen-bond donors (Lipinski definition) is 1. The van der Waals surface area contributed by atoms with Crippen LogP contribution in [0.2, 0.25) is 0 Å². The van der Waals surface area contributed by atoms with Crippen molar-refractivity contribution >= 4 is 9.84 Å². The number of nitrogens with zero attached hydrogens (tertiary/aromatic N) is 1. The molecule has 0 aromatic heterocycles. The average molecular weight is 270 g/mol. The molecule has 1 aromatic rings. The van der Waals surface area contributed by atoms with E-state index in [-0.39, 0.29) is 29.3 Å². The number of sulfone groups is 1. The first-order chi connectivity index (χ1) is 8.38. The van der Waals surface area contributed by atoms with Gasteiger partial charge in [-0.15, -0.1) is 0 Å². The highest BCUT2D eigenvalue weighted by Crippen LogP contribution is 2.15. The van der Waals surface area contributed by atoms with Crippen molar-refractivity contribution in [2.75, 3.05) is 12.3 Å². The first-order valence-corrected chi connectivity index (χ1v) is 7.29. The lowest BCUT2D eigenvalue weighted by Gasteiger charge is -2.10. The SMILES string of the molecule is CC(CN)CS(=O)(=O)Cc1cc(C#N)ccc1F. The summed E-state index contributed by atoms with van der Waals surface area (Å²) in [7, 11) is -3.42. The molecule has 0 heterocycles. The Labute approximate surface area is 106 Å². The first kappa shape index (κ1) is 14.6. The highest BCUT2D eigenvalue weighted by molar-refractivity contribution is 7.90. The Balaban J connectivity index is 2.94. The number of nitriles is 1. The molecule has 0 saturated heterocycles. The molecule has 0 bridgehead atoms. The van der Waals surface area contributed by atoms with Crippen molar-refractivity contribution in [2.24, 2.45) is 11.7 Å². The second-order valence-electron chi connectivity index (χ2n) is 4.31. The van der Waals surface area contributed by atoms with Crippen LogP contribution in [0.1, 0.15) is 18.1 Å². The minimum atomic E-state index is -3.42. The van der Waals surface area contributed by atoms with E-state index < -0.39 is 21.4 Å². The van der Waals surface area contributed by atoms with Crippen molar-refractivity contribution in [2.45, 2.75) is 12.7 Å². The minimum absolute atomic E-state index is 0.0262. The Morgan fingerprint density at radius 1 is 1.50 bits per heavy atom. The molecule has 0 amide bonds. The van der Waals surface area contributed by atoms with Crippen LogP contribution in [0.4, 0.5) is 4.39 Å². The van der Waals surface area contributed by atoms with E-state index in [4.69, 9.17) is 11.0 Å². The molecule has 98 valence electrons. The predicted octanol–water partition coefficient (Wildman–Crippen LogP) is 1.21. The van der Waals surface area contributed by atoms with E-state index in [1.165, 1.54) is 12.1 Å². The Morgan fingerprint density at radius 2 is 2.17 bits per heavy atom. The molecule has 2 N–H and O–H groups in total. The lowest BCUT2D eigenvalue weighted by molar-refractivity contribution is 0.568. The van der Waals surface area contributed by atoms with Crippen molar-refractivity contribution in [1.29, 1.82) is 5.26 Å². The number of halogens is 1. The average Bonchev–Trinajstić information content (AvgIpc) is 2.31. The maximum absolute atomic E-state index is 13.5. The smallest absolute Gasteiger partial charge is 0.154 e. The summed E-state index contributed by atoms with van der Waals surface area (Å²) in [5.74, 6) is -1.27. The Morgan fingerprint density at radius 3 is 2.72 bits per heavy atom. The molecule has 0 aliphatic rings. The van der Waals surface area contributed by atoms with Crippen LogP contribution in [0.5, 0.6) is 0 Å². The highest BCUT2D eigenvalue weighted by Gasteiger charge is 2.18. The van der Waals surface area contributed by atoms with E-state index in [9.17, 15) is 12.8 Å². The van der Waals surface area contributed by atoms with Gasteiger partial charge in [-0.05, 0) is 30.7 Å². The van der Waals surface area contributed by atoms with Gasteiger partial charge in [0.1, 0.15) is 5.82 Å². The number of rotatable bonds is 5. The fourth-order valence-electron chi connectivity index (χ4n) is 1.55. The second-order valence-corrected chi connectivity index (χ2v) is 6.42. The van der Waals surface area contributed by atoms with E-state index in [1.54, 1.807) is 6.92 Å². The van der Waals surface area contributed by atoms with Gasteiger partial charge in [-0.25, -0.2) is 12.8 Å². The monoisotopic (exact) mass is 270 g/mol. The van der Waals surface area contributed by atoms with Gasteiger partial charge in [0.25, 0.3) is 0 Å². The molecule has 0 radical (unpaired) electrons. The van der Waals surface area contributed by atoms with E-state index in [1.807, 2.05) is 6.07 Å². The van der Waals surface area contributed by atoms with Crippen LogP contribution in [0.15, 0.2) is 18.2 Å². The first-order valence-electron chi connectivity index (χ1n) is 5.47. The summed E-state index contributed by atoms with van der Waals surface area (Å²) < 4.78 is 37.1. The lowest BCUT2D eigenvalue weighted by atomic mass is 10.1. The van der Waals surface area contributed by atoms with E-state index in [0.717, 1.165) is 6.07 Å². The van der Waals surface area contributed by atoms with E-state index >= 15 is 0 Å². The molecule has 1 unspecified atom stereocenters. The Bertz CT molecular complexity index is 564. The van der Waals surface area contributed by atoms with Crippen LogP contribution in [-0.2, 0) is 15.6 Å². The van der Waals surface area contributed by atoms with Gasteiger partial charge in [-0.3, -0.25) is 0 Å². The van der Waals surface area contributed by atoms with E-state index in [0.29, 0.717) is 0 Å². The summed E-state index contributed by atoms with van der Waals surface area (Å²) in [4.78, 5) is 0. The minimum Gasteiger partial charge on any atom is -0.330 e. The quantitative estimate of drug-likeness (QED) is 0.871. The largest absolute Gasteiger partial charge is 0.330 e. The fourth-order valence-corrected chi connectivity index (χ4v) is 3.37. The van der Waals surface area contributed by atoms with Gasteiger partial charge in [0.05, 0.1) is 23.1 Å². The number of benzene rings is 1. The molecule has 18 heavy (non-hydrogen) atoms. The lowest BCUT2D eigenvalue weighted by Crippen LogP contribution is -2.22. The molecule has 0 aliphatic carbocycles. The number of hydrogen-bond acceptors (Lipinski definition) is 4. The molecule has 0 saturated carbocycles. The maximum atomic E-state index is 13.5. The summed E-state index contributed by atoms with van der Waals surface area (Å²) in [5, 5.41) is 8.70. The Hall–Kier alpha value is -1.45. The molecule has 1 rings (SSSR count). The third-order valence-corrected chi connectivity index (χ3v) is 4.32. The summed E-state index contributed by atoms with van der Waals surface area (Å²) in [6.07, 6.45) is 0. The third-order valence-electron chi connectivity index (χ3n) is 2.49. The normalized spacial score (nSPS) is 13.0. The van der Waals surface area contributed by atoms with Crippen LogP contribution in [-0.4, -0.2) is 20.7 Å². The van der Waals surface area contributed by atoms with Crippen LogP contribution in [0, 0.1) is 23.1 Å². The molecular weight excluding hydrogens is 255 g/mol. The van der Waals surface area contributed by atoms with Crippen molar-refractivity contribution in [3.63, 3.8) is 0 Å². The molecule has 0 aliphatic heterocycles. The van der Waals surface area contributed by atoms with Gasteiger partial charge in [-0.2, -0.15) is 5.26 Å². The standard InChI is InChI=1S/C12H15FN2O2S/c1-9(5-14)7-18(16,17)8-11-4-10(6-15)2-3-12(11)13/h2-4,9H,5,7-8,14H2,1H3. The second kappa shape index (κ2) is 5.94.